The van der Waals surface area contributed by atoms with Gasteiger partial charge >= 0.3 is 5.56 Å². The van der Waals surface area contributed by atoms with Crippen molar-refractivity contribution < 1.29 is 14.3 Å². The summed E-state index contributed by atoms with van der Waals surface area (Å²) in [4.78, 5) is 25.1. The number of amides is 1. The van der Waals surface area contributed by atoms with E-state index in [2.05, 4.69) is 15.5 Å². The number of thioether (sulfide) groups is 1. The van der Waals surface area contributed by atoms with Crippen LogP contribution in [0.5, 0.6) is 11.5 Å². The summed E-state index contributed by atoms with van der Waals surface area (Å²) in [6, 6.07) is 14.4. The predicted octanol–water partition coefficient (Wildman–Crippen LogP) is 2.63. The summed E-state index contributed by atoms with van der Waals surface area (Å²) < 4.78 is 13.5. The Morgan fingerprint density at radius 3 is 2.55 bits per heavy atom. The van der Waals surface area contributed by atoms with Crippen LogP contribution in [0.25, 0.3) is 11.3 Å². The van der Waals surface area contributed by atoms with Gasteiger partial charge in [0, 0.05) is 29.8 Å². The van der Waals surface area contributed by atoms with E-state index in [-0.39, 0.29) is 22.9 Å². The highest BCUT2D eigenvalue weighted by Crippen LogP contribution is 2.29. The second-order valence-corrected chi connectivity index (χ2v) is 7.33. The molecule has 0 aliphatic rings. The third-order valence-corrected chi connectivity index (χ3v) is 5.42. The van der Waals surface area contributed by atoms with Crippen molar-refractivity contribution in [3.8, 4) is 17.2 Å². The molecule has 0 spiro atoms. The van der Waals surface area contributed by atoms with Gasteiger partial charge in [0.05, 0.1) is 20.0 Å². The van der Waals surface area contributed by atoms with Crippen LogP contribution in [0.2, 0.25) is 0 Å². The number of hydrogen-bond donors (Lipinski definition) is 1. The minimum Gasteiger partial charge on any atom is -0.493 e. The number of nitrogens with zero attached hydrogens (tertiary/aromatic N) is 4. The second kappa shape index (κ2) is 8.92. The summed E-state index contributed by atoms with van der Waals surface area (Å²) in [5.41, 5.74) is 1.22. The zero-order valence-electron chi connectivity index (χ0n) is 16.8. The van der Waals surface area contributed by atoms with Crippen molar-refractivity contribution in [3.05, 3.63) is 71.3 Å². The van der Waals surface area contributed by atoms with E-state index in [4.69, 9.17) is 9.47 Å². The molecule has 2 heterocycles. The summed E-state index contributed by atoms with van der Waals surface area (Å²) in [7, 11) is 3.08. The molecule has 0 aliphatic carbocycles. The highest BCUT2D eigenvalue weighted by Gasteiger charge is 2.14. The lowest BCUT2D eigenvalue weighted by Crippen LogP contribution is -2.20. The minimum atomic E-state index is -0.289. The number of para-hydroxylation sites is 1. The smallest absolute Gasteiger partial charge is 0.300 e. The largest absolute Gasteiger partial charge is 0.493 e. The zero-order valence-corrected chi connectivity index (χ0v) is 17.6. The van der Waals surface area contributed by atoms with E-state index in [9.17, 15) is 9.59 Å². The lowest BCUT2D eigenvalue weighted by atomic mass is 10.2. The van der Waals surface area contributed by atoms with Gasteiger partial charge in [0.25, 0.3) is 0 Å². The fourth-order valence-corrected chi connectivity index (χ4v) is 3.71. The fraction of sp³-hybridized carbons (Fsp3) is 0.143. The molecule has 0 aliphatic heterocycles. The Morgan fingerprint density at radius 2 is 1.81 bits per heavy atom. The molecule has 2 aromatic carbocycles. The second-order valence-electron chi connectivity index (χ2n) is 6.39. The SMILES string of the molecule is COc1ccc(NC(=O)CSc2nnc3c(=O)n(-c4ccccc4)ccn23)cc1OC. The molecular formula is C21H19N5O4S. The standard InChI is InChI=1S/C21H19N5O4S/c1-29-16-9-8-14(12-17(16)30-2)22-18(27)13-31-21-24-23-19-20(28)25(10-11-26(19)21)15-6-4-3-5-7-15/h3-12H,13H2,1-2H3,(H,22,27). The molecule has 0 radical (unpaired) electrons. The van der Waals surface area contributed by atoms with Gasteiger partial charge in [-0.05, 0) is 24.3 Å². The minimum absolute atomic E-state index is 0.0942. The Labute approximate surface area is 181 Å². The van der Waals surface area contributed by atoms with E-state index in [1.165, 1.54) is 23.4 Å². The zero-order chi connectivity index (χ0) is 21.8. The molecule has 4 rings (SSSR count). The maximum atomic E-state index is 12.8. The average molecular weight is 437 g/mol. The maximum Gasteiger partial charge on any atom is 0.300 e. The summed E-state index contributed by atoms with van der Waals surface area (Å²) >= 11 is 1.19. The number of ether oxygens (including phenoxy) is 2. The van der Waals surface area contributed by atoms with Crippen molar-refractivity contribution >= 4 is 29.0 Å². The molecule has 1 N–H and O–H groups in total. The van der Waals surface area contributed by atoms with Crippen LogP contribution in [0.4, 0.5) is 5.69 Å². The Kier molecular flexibility index (Phi) is 5.89. The molecule has 0 saturated heterocycles. The number of methoxy groups -OCH3 is 2. The lowest BCUT2D eigenvalue weighted by molar-refractivity contribution is -0.113. The van der Waals surface area contributed by atoms with Gasteiger partial charge in [-0.3, -0.25) is 18.6 Å². The van der Waals surface area contributed by atoms with Crippen molar-refractivity contribution in [1.82, 2.24) is 19.2 Å². The number of carbonyl (C=O) groups is 1. The van der Waals surface area contributed by atoms with E-state index in [1.54, 1.807) is 42.1 Å². The Morgan fingerprint density at radius 1 is 1.03 bits per heavy atom. The quantitative estimate of drug-likeness (QED) is 0.444. The van der Waals surface area contributed by atoms with Gasteiger partial charge in [0.2, 0.25) is 11.6 Å². The fourth-order valence-electron chi connectivity index (χ4n) is 3.00. The Bertz CT molecular complexity index is 1290. The average Bonchev–Trinajstić information content (AvgIpc) is 3.22. The summed E-state index contributed by atoms with van der Waals surface area (Å²) in [6.07, 6.45) is 3.36. The van der Waals surface area contributed by atoms with Crippen molar-refractivity contribution in [2.24, 2.45) is 0 Å². The number of aromatic nitrogens is 4. The normalized spacial score (nSPS) is 10.8. The van der Waals surface area contributed by atoms with E-state index in [1.807, 2.05) is 30.3 Å². The van der Waals surface area contributed by atoms with Crippen LogP contribution in [-0.4, -0.2) is 45.0 Å². The summed E-state index contributed by atoms with van der Waals surface area (Å²) in [5, 5.41) is 11.3. The first-order valence-electron chi connectivity index (χ1n) is 9.27. The van der Waals surface area contributed by atoms with E-state index in [0.717, 1.165) is 5.69 Å². The van der Waals surface area contributed by atoms with E-state index in [0.29, 0.717) is 22.3 Å². The van der Waals surface area contributed by atoms with Crippen LogP contribution in [0.3, 0.4) is 0 Å². The number of fused-ring (bicyclic) bond motifs is 1. The van der Waals surface area contributed by atoms with Crippen molar-refractivity contribution in [2.75, 3.05) is 25.3 Å². The number of anilines is 1. The van der Waals surface area contributed by atoms with Crippen LogP contribution in [0.1, 0.15) is 0 Å². The molecule has 2 aromatic heterocycles. The first-order chi connectivity index (χ1) is 15.1. The third kappa shape index (κ3) is 4.24. The topological polar surface area (TPSA) is 99.8 Å². The summed E-state index contributed by atoms with van der Waals surface area (Å²) in [6.45, 7) is 0. The first-order valence-corrected chi connectivity index (χ1v) is 10.3. The predicted molar refractivity (Wildman–Crippen MR) is 117 cm³/mol. The van der Waals surface area contributed by atoms with Gasteiger partial charge in [-0.25, -0.2) is 0 Å². The molecule has 10 heteroatoms. The number of hydrogen-bond acceptors (Lipinski definition) is 7. The van der Waals surface area contributed by atoms with Crippen LogP contribution < -0.4 is 20.3 Å². The molecule has 0 unspecified atom stereocenters. The third-order valence-electron chi connectivity index (χ3n) is 4.47. The molecule has 0 bridgehead atoms. The van der Waals surface area contributed by atoms with Gasteiger partial charge in [0.1, 0.15) is 0 Å². The van der Waals surface area contributed by atoms with Gasteiger partial charge < -0.3 is 14.8 Å². The van der Waals surface area contributed by atoms with Crippen molar-refractivity contribution in [2.45, 2.75) is 5.16 Å². The van der Waals surface area contributed by atoms with Gasteiger partial charge in [-0.2, -0.15) is 0 Å². The molecule has 4 aromatic rings. The monoisotopic (exact) mass is 437 g/mol. The molecule has 1 amide bonds. The molecule has 31 heavy (non-hydrogen) atoms. The number of rotatable bonds is 7. The number of carbonyl (C=O) groups excluding carboxylic acids is 1. The molecule has 9 nitrogen and oxygen atoms in total. The van der Waals surface area contributed by atoms with Crippen molar-refractivity contribution in [3.63, 3.8) is 0 Å². The Hall–Kier alpha value is -3.79. The molecular weight excluding hydrogens is 418 g/mol. The van der Waals surface area contributed by atoms with E-state index >= 15 is 0 Å². The maximum absolute atomic E-state index is 12.8. The molecule has 0 saturated carbocycles. The van der Waals surface area contributed by atoms with Gasteiger partial charge in [-0.15, -0.1) is 10.2 Å². The lowest BCUT2D eigenvalue weighted by Gasteiger charge is -2.10. The number of benzene rings is 2. The van der Waals surface area contributed by atoms with Gasteiger partial charge in [0.15, 0.2) is 16.7 Å². The van der Waals surface area contributed by atoms with Gasteiger partial charge in [-0.1, -0.05) is 30.0 Å². The summed E-state index contributed by atoms with van der Waals surface area (Å²) in [5.74, 6) is 0.959. The van der Waals surface area contributed by atoms with Crippen LogP contribution in [-0.2, 0) is 4.79 Å². The van der Waals surface area contributed by atoms with E-state index < -0.39 is 0 Å². The molecule has 0 fully saturated rings. The molecule has 158 valence electrons. The highest BCUT2D eigenvalue weighted by atomic mass is 32.2. The van der Waals surface area contributed by atoms with Crippen LogP contribution >= 0.6 is 11.8 Å². The van der Waals surface area contributed by atoms with Crippen LogP contribution in [0.15, 0.2) is 70.9 Å². The number of nitrogens with one attached hydrogen (secondary N) is 1. The van der Waals surface area contributed by atoms with Crippen molar-refractivity contribution in [1.29, 1.82) is 0 Å². The first kappa shape index (κ1) is 20.5. The Balaban J connectivity index is 1.48. The van der Waals surface area contributed by atoms with Crippen LogP contribution in [0, 0.1) is 0 Å². The molecule has 0 atom stereocenters. The highest BCUT2D eigenvalue weighted by molar-refractivity contribution is 7.99.